The molecule has 3 amide bonds. The number of carbonyl (C=O) groups excluding carboxylic acids is 3. The van der Waals surface area contributed by atoms with Gasteiger partial charge in [-0.15, -0.1) is 0 Å². The predicted molar refractivity (Wildman–Crippen MR) is 161 cm³/mol. The first-order valence-corrected chi connectivity index (χ1v) is 14.7. The molecule has 0 unspecified atom stereocenters. The molecule has 0 radical (unpaired) electrons. The van der Waals surface area contributed by atoms with Gasteiger partial charge in [-0.25, -0.2) is 4.79 Å². The average Bonchev–Trinajstić information content (AvgIpc) is 3.56. The van der Waals surface area contributed by atoms with Crippen LogP contribution in [0.3, 0.4) is 0 Å². The second-order valence-electron chi connectivity index (χ2n) is 12.3. The number of carbonyl (C=O) groups is 3. The number of likely N-dealkylation sites (tertiary alicyclic amines) is 1. The van der Waals surface area contributed by atoms with E-state index in [4.69, 9.17) is 13.9 Å². The zero-order chi connectivity index (χ0) is 30.4. The van der Waals surface area contributed by atoms with Crippen molar-refractivity contribution < 1.29 is 28.3 Å². The van der Waals surface area contributed by atoms with E-state index in [2.05, 4.69) is 10.6 Å². The Hall–Kier alpha value is -4.01. The first-order chi connectivity index (χ1) is 19.9. The minimum absolute atomic E-state index is 0.0253. The maximum atomic E-state index is 13.8. The van der Waals surface area contributed by atoms with Crippen LogP contribution in [0.25, 0.3) is 11.0 Å². The van der Waals surface area contributed by atoms with Crippen LogP contribution in [-0.2, 0) is 27.4 Å². The van der Waals surface area contributed by atoms with Gasteiger partial charge >= 0.3 is 6.09 Å². The van der Waals surface area contributed by atoms with Gasteiger partial charge in [0.1, 0.15) is 35.6 Å². The average molecular weight is 578 g/mol. The summed E-state index contributed by atoms with van der Waals surface area (Å²) in [6, 6.07) is 14.2. The van der Waals surface area contributed by atoms with Crippen molar-refractivity contribution in [3.63, 3.8) is 0 Å². The highest BCUT2D eigenvalue weighted by Gasteiger charge is 2.36. The standard InChI is InChI=1S/C33H43N3O6/c1-21(2)29(35-30(37)22(3)34-32(39)42-33(4,5)6)31(38)36-16-10-13-25(36)17-24-20-41-28-15-14-26(18-27(24)28)40-19-23-11-8-7-9-12-23/h7-9,11-12,14-15,18,20-22,25,29H,10,13,16-17,19H2,1-6H3,(H,34,39)(H,35,37)/t22-,25-,29-/m0/s1. The molecule has 1 aromatic heterocycles. The van der Waals surface area contributed by atoms with E-state index >= 15 is 0 Å². The number of hydrogen-bond donors (Lipinski definition) is 2. The third kappa shape index (κ3) is 8.05. The van der Waals surface area contributed by atoms with E-state index < -0.39 is 29.7 Å². The Morgan fingerprint density at radius 3 is 2.48 bits per heavy atom. The number of ether oxygens (including phenoxy) is 2. The van der Waals surface area contributed by atoms with E-state index in [-0.39, 0.29) is 17.9 Å². The number of nitrogens with zero attached hydrogens (tertiary/aromatic N) is 1. The molecule has 0 aliphatic carbocycles. The number of fused-ring (bicyclic) bond motifs is 1. The van der Waals surface area contributed by atoms with E-state index in [1.165, 1.54) is 0 Å². The molecule has 3 atom stereocenters. The lowest BCUT2D eigenvalue weighted by Crippen LogP contribution is -2.56. The number of nitrogens with one attached hydrogen (secondary N) is 2. The van der Waals surface area contributed by atoms with Crippen LogP contribution >= 0.6 is 0 Å². The predicted octanol–water partition coefficient (Wildman–Crippen LogP) is 5.60. The van der Waals surface area contributed by atoms with Gasteiger partial charge in [0, 0.05) is 23.5 Å². The summed E-state index contributed by atoms with van der Waals surface area (Å²) in [5.41, 5.74) is 2.19. The molecule has 4 rings (SSSR count). The maximum absolute atomic E-state index is 13.8. The second-order valence-corrected chi connectivity index (χ2v) is 12.3. The van der Waals surface area contributed by atoms with Gasteiger partial charge < -0.3 is 29.4 Å². The minimum atomic E-state index is -0.862. The van der Waals surface area contributed by atoms with Crippen LogP contribution in [0.2, 0.25) is 0 Å². The minimum Gasteiger partial charge on any atom is -0.489 e. The van der Waals surface area contributed by atoms with Crippen LogP contribution in [0.1, 0.15) is 65.5 Å². The fourth-order valence-corrected chi connectivity index (χ4v) is 5.16. The molecule has 9 nitrogen and oxygen atoms in total. The van der Waals surface area contributed by atoms with Gasteiger partial charge in [-0.3, -0.25) is 9.59 Å². The highest BCUT2D eigenvalue weighted by atomic mass is 16.6. The van der Waals surface area contributed by atoms with E-state index in [1.807, 2.05) is 67.3 Å². The number of furan rings is 1. The van der Waals surface area contributed by atoms with Crippen molar-refractivity contribution in [3.8, 4) is 5.75 Å². The normalized spacial score (nSPS) is 16.7. The fourth-order valence-electron chi connectivity index (χ4n) is 5.16. The zero-order valence-electron chi connectivity index (χ0n) is 25.4. The number of benzene rings is 2. The van der Waals surface area contributed by atoms with Crippen LogP contribution in [0.5, 0.6) is 5.75 Å². The highest BCUT2D eigenvalue weighted by molar-refractivity contribution is 5.91. The molecule has 0 spiro atoms. The molecule has 2 heterocycles. The summed E-state index contributed by atoms with van der Waals surface area (Å²) in [6.45, 7) is 11.7. The van der Waals surface area contributed by atoms with Gasteiger partial charge in [0.15, 0.2) is 0 Å². The molecule has 226 valence electrons. The maximum Gasteiger partial charge on any atom is 0.408 e. The molecule has 0 bridgehead atoms. The first kappa shape index (κ1) is 30.9. The largest absolute Gasteiger partial charge is 0.489 e. The molecule has 9 heteroatoms. The molecule has 42 heavy (non-hydrogen) atoms. The molecule has 2 aromatic carbocycles. The summed E-state index contributed by atoms with van der Waals surface area (Å²) in [4.78, 5) is 40.8. The van der Waals surface area contributed by atoms with Gasteiger partial charge in [-0.2, -0.15) is 0 Å². The summed E-state index contributed by atoms with van der Waals surface area (Å²) < 4.78 is 17.1. The summed E-state index contributed by atoms with van der Waals surface area (Å²) in [6.07, 6.45) is 3.46. The molecule has 1 saturated heterocycles. The number of amides is 3. The fraction of sp³-hybridized carbons (Fsp3) is 0.485. The lowest BCUT2D eigenvalue weighted by Gasteiger charge is -2.31. The van der Waals surface area contributed by atoms with Crippen molar-refractivity contribution in [1.29, 1.82) is 0 Å². The molecule has 1 aliphatic heterocycles. The summed E-state index contributed by atoms with van der Waals surface area (Å²) in [5.74, 6) is 0.0538. The molecular weight excluding hydrogens is 534 g/mol. The van der Waals surface area contributed by atoms with Gasteiger partial charge in [-0.1, -0.05) is 44.2 Å². The monoisotopic (exact) mass is 577 g/mol. The number of hydrogen-bond acceptors (Lipinski definition) is 6. The Morgan fingerprint density at radius 1 is 1.05 bits per heavy atom. The lowest BCUT2D eigenvalue weighted by molar-refractivity contribution is -0.138. The summed E-state index contributed by atoms with van der Waals surface area (Å²) >= 11 is 0. The van der Waals surface area contributed by atoms with Gasteiger partial charge in [-0.05, 0) is 76.6 Å². The molecule has 0 saturated carbocycles. The smallest absolute Gasteiger partial charge is 0.408 e. The SMILES string of the molecule is CC(C)[C@H](NC(=O)[C@H](C)NC(=O)OC(C)(C)C)C(=O)N1CCC[C@H]1Cc1coc2ccc(OCc3ccccc3)cc12. The lowest BCUT2D eigenvalue weighted by atomic mass is 9.99. The highest BCUT2D eigenvalue weighted by Crippen LogP contribution is 2.30. The summed E-state index contributed by atoms with van der Waals surface area (Å²) in [7, 11) is 0. The first-order valence-electron chi connectivity index (χ1n) is 14.7. The molecule has 2 N–H and O–H groups in total. The Kier molecular flexibility index (Phi) is 9.81. The third-order valence-corrected chi connectivity index (χ3v) is 7.35. The Balaban J connectivity index is 1.41. The Labute approximate surface area is 247 Å². The zero-order valence-corrected chi connectivity index (χ0v) is 25.4. The van der Waals surface area contributed by atoms with E-state index in [0.717, 1.165) is 40.7 Å². The van der Waals surface area contributed by atoms with Gasteiger partial charge in [0.25, 0.3) is 0 Å². The van der Waals surface area contributed by atoms with Crippen molar-refractivity contribution in [3.05, 3.63) is 65.9 Å². The van der Waals surface area contributed by atoms with Crippen molar-refractivity contribution in [2.75, 3.05) is 6.54 Å². The van der Waals surface area contributed by atoms with Crippen LogP contribution in [-0.4, -0.2) is 53.1 Å². The number of alkyl carbamates (subject to hydrolysis) is 1. The topological polar surface area (TPSA) is 110 Å². The van der Waals surface area contributed by atoms with Crippen molar-refractivity contribution in [2.24, 2.45) is 5.92 Å². The quantitative estimate of drug-likeness (QED) is 0.325. The van der Waals surface area contributed by atoms with Crippen molar-refractivity contribution in [2.45, 2.75) is 91.1 Å². The molecule has 1 fully saturated rings. The molecule has 3 aromatic rings. The van der Waals surface area contributed by atoms with Crippen molar-refractivity contribution in [1.82, 2.24) is 15.5 Å². The van der Waals surface area contributed by atoms with Crippen LogP contribution in [0.4, 0.5) is 4.79 Å². The van der Waals surface area contributed by atoms with E-state index in [0.29, 0.717) is 19.6 Å². The van der Waals surface area contributed by atoms with Crippen LogP contribution < -0.4 is 15.4 Å². The molecular formula is C33H43N3O6. The Morgan fingerprint density at radius 2 is 1.79 bits per heavy atom. The van der Waals surface area contributed by atoms with Crippen LogP contribution in [0, 0.1) is 5.92 Å². The second kappa shape index (κ2) is 13.3. The van der Waals surface area contributed by atoms with E-state index in [9.17, 15) is 14.4 Å². The van der Waals surface area contributed by atoms with Gasteiger partial charge in [0.05, 0.1) is 6.26 Å². The van der Waals surface area contributed by atoms with E-state index in [1.54, 1.807) is 34.0 Å². The van der Waals surface area contributed by atoms with Crippen LogP contribution in [0.15, 0.2) is 59.2 Å². The third-order valence-electron chi connectivity index (χ3n) is 7.35. The van der Waals surface area contributed by atoms with Crippen molar-refractivity contribution >= 4 is 28.9 Å². The Bertz CT molecular complexity index is 1380. The summed E-state index contributed by atoms with van der Waals surface area (Å²) in [5, 5.41) is 6.39. The number of rotatable bonds is 10. The molecule has 1 aliphatic rings. The van der Waals surface area contributed by atoms with Gasteiger partial charge in [0.2, 0.25) is 11.8 Å².